The Kier molecular flexibility index (Phi) is 3.11. The van der Waals surface area contributed by atoms with Gasteiger partial charge in [-0.1, -0.05) is 17.7 Å². The second-order valence-corrected chi connectivity index (χ2v) is 2.90. The summed E-state index contributed by atoms with van der Waals surface area (Å²) in [6.45, 7) is 1.83. The molecule has 0 spiro atoms. The van der Waals surface area contributed by atoms with Crippen molar-refractivity contribution in [3.63, 3.8) is 0 Å². The maximum Gasteiger partial charge on any atom is 0.218 e. The van der Waals surface area contributed by atoms with Gasteiger partial charge in [-0.3, -0.25) is 5.21 Å². The van der Waals surface area contributed by atoms with Crippen molar-refractivity contribution in [2.24, 2.45) is 10.7 Å². The normalized spacial score (nSPS) is 11.5. The summed E-state index contributed by atoms with van der Waals surface area (Å²) < 4.78 is 0. The number of nitrogens with zero attached hydrogens (tertiary/aromatic N) is 1. The van der Waals surface area contributed by atoms with Crippen LogP contribution in [0.3, 0.4) is 0 Å². The van der Waals surface area contributed by atoms with Gasteiger partial charge in [0.2, 0.25) is 5.96 Å². The van der Waals surface area contributed by atoms with E-state index in [1.165, 1.54) is 0 Å². The minimum atomic E-state index is -0.0645. The summed E-state index contributed by atoms with van der Waals surface area (Å²) in [7, 11) is 0. The number of benzene rings is 1. The summed E-state index contributed by atoms with van der Waals surface area (Å²) in [4.78, 5) is 3.89. The molecular weight excluding hydrogens is 190 g/mol. The first kappa shape index (κ1) is 9.83. The molecule has 0 aromatic heterocycles. The number of hydroxylamine groups is 1. The van der Waals surface area contributed by atoms with Crippen LogP contribution in [0.5, 0.6) is 0 Å². The number of halogens is 1. The first-order valence-electron chi connectivity index (χ1n) is 3.64. The lowest BCUT2D eigenvalue weighted by atomic mass is 10.2. The number of nitrogens with two attached hydrogens (primary N) is 1. The van der Waals surface area contributed by atoms with Gasteiger partial charge in [0.25, 0.3) is 0 Å². The molecule has 1 rings (SSSR count). The van der Waals surface area contributed by atoms with E-state index in [9.17, 15) is 0 Å². The van der Waals surface area contributed by atoms with E-state index in [1.807, 2.05) is 6.92 Å². The van der Waals surface area contributed by atoms with Gasteiger partial charge in [-0.05, 0) is 24.6 Å². The van der Waals surface area contributed by atoms with Crippen LogP contribution in [-0.2, 0) is 0 Å². The van der Waals surface area contributed by atoms with E-state index in [1.54, 1.807) is 23.7 Å². The molecule has 1 aromatic carbocycles. The van der Waals surface area contributed by atoms with Gasteiger partial charge in [0.15, 0.2) is 0 Å². The van der Waals surface area contributed by atoms with Gasteiger partial charge in [-0.15, -0.1) is 0 Å². The molecule has 0 fully saturated rings. The highest BCUT2D eigenvalue weighted by molar-refractivity contribution is 6.31. The lowest BCUT2D eigenvalue weighted by molar-refractivity contribution is 0.233. The SMILES string of the molecule is Cc1c(Cl)cccc1N=C(N)NO. The predicted octanol–water partition coefficient (Wildman–Crippen LogP) is 1.57. The summed E-state index contributed by atoms with van der Waals surface area (Å²) in [5.74, 6) is -0.0645. The molecule has 0 radical (unpaired) electrons. The van der Waals surface area contributed by atoms with E-state index in [4.69, 9.17) is 22.5 Å². The van der Waals surface area contributed by atoms with E-state index in [-0.39, 0.29) is 5.96 Å². The predicted molar refractivity (Wildman–Crippen MR) is 52.4 cm³/mol. The maximum atomic E-state index is 8.42. The first-order chi connectivity index (χ1) is 6.15. The smallest absolute Gasteiger partial charge is 0.218 e. The maximum absolute atomic E-state index is 8.42. The van der Waals surface area contributed by atoms with Gasteiger partial charge in [-0.2, -0.15) is 0 Å². The van der Waals surface area contributed by atoms with E-state index in [0.29, 0.717) is 10.7 Å². The molecule has 4 N–H and O–H groups in total. The Morgan fingerprint density at radius 2 is 2.31 bits per heavy atom. The van der Waals surface area contributed by atoms with Crippen LogP contribution in [0.15, 0.2) is 23.2 Å². The zero-order valence-corrected chi connectivity index (χ0v) is 7.84. The fraction of sp³-hybridized carbons (Fsp3) is 0.125. The molecule has 0 aliphatic carbocycles. The van der Waals surface area contributed by atoms with Crippen LogP contribution in [-0.4, -0.2) is 11.2 Å². The molecule has 0 amide bonds. The number of nitrogens with one attached hydrogen (secondary N) is 1. The minimum absolute atomic E-state index is 0.0645. The summed E-state index contributed by atoms with van der Waals surface area (Å²) in [5.41, 5.74) is 8.47. The Hall–Kier alpha value is -1.26. The molecule has 4 nitrogen and oxygen atoms in total. The molecular formula is C8H10ClN3O. The Morgan fingerprint density at radius 1 is 1.62 bits per heavy atom. The third-order valence-electron chi connectivity index (χ3n) is 1.59. The largest absolute Gasteiger partial charge is 0.368 e. The van der Waals surface area contributed by atoms with Gasteiger partial charge >= 0.3 is 0 Å². The Morgan fingerprint density at radius 3 is 2.92 bits per heavy atom. The zero-order valence-electron chi connectivity index (χ0n) is 7.08. The van der Waals surface area contributed by atoms with Crippen LogP contribution in [0.25, 0.3) is 0 Å². The summed E-state index contributed by atoms with van der Waals surface area (Å²) in [6.07, 6.45) is 0. The average Bonchev–Trinajstić information content (AvgIpc) is 2.13. The van der Waals surface area contributed by atoms with Crippen LogP contribution in [0.4, 0.5) is 5.69 Å². The number of rotatable bonds is 1. The second-order valence-electron chi connectivity index (χ2n) is 2.49. The van der Waals surface area contributed by atoms with Crippen molar-refractivity contribution in [1.29, 1.82) is 0 Å². The van der Waals surface area contributed by atoms with Gasteiger partial charge in [0.1, 0.15) is 0 Å². The molecule has 70 valence electrons. The zero-order chi connectivity index (χ0) is 9.84. The number of hydrogen-bond donors (Lipinski definition) is 3. The highest BCUT2D eigenvalue weighted by Gasteiger charge is 2.00. The van der Waals surface area contributed by atoms with Crippen LogP contribution in [0.1, 0.15) is 5.56 Å². The number of hydrogen-bond acceptors (Lipinski definition) is 2. The van der Waals surface area contributed by atoms with Crippen molar-refractivity contribution in [2.75, 3.05) is 0 Å². The third-order valence-corrected chi connectivity index (χ3v) is 2.00. The molecule has 0 saturated carbocycles. The lowest BCUT2D eigenvalue weighted by Crippen LogP contribution is -2.27. The van der Waals surface area contributed by atoms with Crippen LogP contribution >= 0.6 is 11.6 Å². The van der Waals surface area contributed by atoms with Crippen molar-refractivity contribution in [3.05, 3.63) is 28.8 Å². The summed E-state index contributed by atoms with van der Waals surface area (Å²) >= 11 is 5.85. The Labute approximate surface area is 81.0 Å². The monoisotopic (exact) mass is 199 g/mol. The van der Waals surface area contributed by atoms with E-state index in [0.717, 1.165) is 5.56 Å². The van der Waals surface area contributed by atoms with Gasteiger partial charge in [-0.25, -0.2) is 10.5 Å². The molecule has 0 aliphatic rings. The molecule has 5 heteroatoms. The quantitative estimate of drug-likeness (QED) is 0.365. The van der Waals surface area contributed by atoms with E-state index >= 15 is 0 Å². The minimum Gasteiger partial charge on any atom is -0.368 e. The molecule has 0 bridgehead atoms. The van der Waals surface area contributed by atoms with Crippen LogP contribution in [0.2, 0.25) is 5.02 Å². The standard InChI is InChI=1S/C8H10ClN3O/c1-5-6(9)3-2-4-7(5)11-8(10)12-13/h2-4,13H,1H3,(H3,10,11,12). The Balaban J connectivity index is 3.09. The van der Waals surface area contributed by atoms with Gasteiger partial charge < -0.3 is 5.73 Å². The van der Waals surface area contributed by atoms with Crippen molar-refractivity contribution in [1.82, 2.24) is 5.48 Å². The molecule has 0 aliphatic heterocycles. The molecule has 0 saturated heterocycles. The number of guanidine groups is 1. The van der Waals surface area contributed by atoms with E-state index < -0.39 is 0 Å². The lowest BCUT2D eigenvalue weighted by Gasteiger charge is -2.02. The van der Waals surface area contributed by atoms with Crippen LogP contribution in [0, 0.1) is 6.92 Å². The van der Waals surface area contributed by atoms with Crippen molar-refractivity contribution in [2.45, 2.75) is 6.92 Å². The Bertz CT molecular complexity index is 338. The van der Waals surface area contributed by atoms with Crippen molar-refractivity contribution >= 4 is 23.2 Å². The fourth-order valence-corrected chi connectivity index (χ4v) is 1.04. The molecule has 1 aromatic rings. The van der Waals surface area contributed by atoms with Crippen molar-refractivity contribution < 1.29 is 5.21 Å². The van der Waals surface area contributed by atoms with Crippen molar-refractivity contribution in [3.8, 4) is 0 Å². The molecule has 0 unspecified atom stereocenters. The van der Waals surface area contributed by atoms with Gasteiger partial charge in [0.05, 0.1) is 5.69 Å². The molecule has 0 heterocycles. The highest BCUT2D eigenvalue weighted by atomic mass is 35.5. The molecule has 13 heavy (non-hydrogen) atoms. The highest BCUT2D eigenvalue weighted by Crippen LogP contribution is 2.24. The van der Waals surface area contributed by atoms with Crippen LogP contribution < -0.4 is 11.2 Å². The second kappa shape index (κ2) is 4.11. The topological polar surface area (TPSA) is 70.6 Å². The third kappa shape index (κ3) is 2.34. The molecule has 0 atom stereocenters. The van der Waals surface area contributed by atoms with Gasteiger partial charge in [0, 0.05) is 5.02 Å². The number of aliphatic imine (C=N–C) groups is 1. The fourth-order valence-electron chi connectivity index (χ4n) is 0.872. The van der Waals surface area contributed by atoms with E-state index in [2.05, 4.69) is 4.99 Å². The average molecular weight is 200 g/mol. The summed E-state index contributed by atoms with van der Waals surface area (Å²) in [6, 6.07) is 5.28. The summed E-state index contributed by atoms with van der Waals surface area (Å²) in [5, 5.41) is 9.04. The first-order valence-corrected chi connectivity index (χ1v) is 4.02.